The average Bonchev–Trinajstić information content (AvgIpc) is 3.03. The van der Waals surface area contributed by atoms with E-state index in [-0.39, 0.29) is 24.2 Å². The molecule has 3 N–H and O–H groups in total. The summed E-state index contributed by atoms with van der Waals surface area (Å²) in [6.07, 6.45) is -0.425. The lowest BCUT2D eigenvalue weighted by Crippen LogP contribution is -2.34. The summed E-state index contributed by atoms with van der Waals surface area (Å²) < 4.78 is 18.7. The maximum Gasteiger partial charge on any atom is 0.251 e. The Balaban J connectivity index is 1.56. The molecule has 0 spiro atoms. The first kappa shape index (κ1) is 17.4. The Labute approximate surface area is 145 Å². The van der Waals surface area contributed by atoms with Gasteiger partial charge in [-0.3, -0.25) is 4.79 Å². The highest BCUT2D eigenvalue weighted by atomic mass is 19.1. The van der Waals surface area contributed by atoms with Crippen LogP contribution < -0.4 is 15.4 Å². The number of carbonyl (C=O) groups excluding carboxylic acids is 1. The molecule has 1 amide bonds. The van der Waals surface area contributed by atoms with Crippen LogP contribution in [0.2, 0.25) is 0 Å². The van der Waals surface area contributed by atoms with Crippen molar-refractivity contribution < 1.29 is 19.0 Å². The molecule has 1 heterocycles. The first-order valence-corrected chi connectivity index (χ1v) is 8.26. The number of benzene rings is 2. The van der Waals surface area contributed by atoms with Crippen molar-refractivity contribution in [2.75, 3.05) is 19.6 Å². The van der Waals surface area contributed by atoms with Crippen LogP contribution in [0.25, 0.3) is 0 Å². The van der Waals surface area contributed by atoms with Gasteiger partial charge in [0.1, 0.15) is 18.2 Å². The highest BCUT2D eigenvalue weighted by Gasteiger charge is 2.25. The van der Waals surface area contributed by atoms with E-state index in [4.69, 9.17) is 4.74 Å². The van der Waals surface area contributed by atoms with Crippen molar-refractivity contribution in [3.63, 3.8) is 0 Å². The SMILES string of the molecule is O=C(NCC1CNCC1O)c1cccc(COc2cccc(F)c2)c1. The average molecular weight is 344 g/mol. The number of aliphatic hydroxyl groups excluding tert-OH is 1. The summed E-state index contributed by atoms with van der Waals surface area (Å²) in [5, 5.41) is 15.7. The molecule has 1 saturated heterocycles. The van der Waals surface area contributed by atoms with Crippen molar-refractivity contribution in [3.05, 3.63) is 65.5 Å². The lowest BCUT2D eigenvalue weighted by atomic mass is 10.1. The van der Waals surface area contributed by atoms with E-state index in [9.17, 15) is 14.3 Å². The van der Waals surface area contributed by atoms with Crippen LogP contribution in [0.15, 0.2) is 48.5 Å². The zero-order chi connectivity index (χ0) is 17.6. The van der Waals surface area contributed by atoms with E-state index in [2.05, 4.69) is 10.6 Å². The molecule has 1 fully saturated rings. The van der Waals surface area contributed by atoms with Crippen LogP contribution >= 0.6 is 0 Å². The molecule has 2 aromatic carbocycles. The molecule has 132 valence electrons. The second-order valence-electron chi connectivity index (χ2n) is 6.14. The molecule has 0 saturated carbocycles. The minimum absolute atomic E-state index is 0.0310. The number of carbonyl (C=O) groups is 1. The molecule has 2 aromatic rings. The van der Waals surface area contributed by atoms with Gasteiger partial charge in [-0.2, -0.15) is 0 Å². The molecular formula is C19H21FN2O3. The van der Waals surface area contributed by atoms with Gasteiger partial charge in [0, 0.05) is 37.2 Å². The van der Waals surface area contributed by atoms with Crippen LogP contribution in [0.3, 0.4) is 0 Å². The van der Waals surface area contributed by atoms with Gasteiger partial charge in [-0.1, -0.05) is 18.2 Å². The first-order valence-electron chi connectivity index (χ1n) is 8.26. The van der Waals surface area contributed by atoms with Crippen LogP contribution in [0.4, 0.5) is 4.39 Å². The number of amides is 1. The summed E-state index contributed by atoms with van der Waals surface area (Å²) in [4.78, 5) is 12.3. The van der Waals surface area contributed by atoms with Gasteiger partial charge < -0.3 is 20.5 Å². The first-order chi connectivity index (χ1) is 12.1. The van der Waals surface area contributed by atoms with Gasteiger partial charge in [-0.25, -0.2) is 4.39 Å². The third kappa shape index (κ3) is 4.78. The Hall–Kier alpha value is -2.44. The topological polar surface area (TPSA) is 70.6 Å². The Morgan fingerprint density at radius 3 is 2.84 bits per heavy atom. The molecule has 2 atom stereocenters. The molecule has 3 rings (SSSR count). The predicted molar refractivity (Wildman–Crippen MR) is 91.9 cm³/mol. The molecule has 0 bridgehead atoms. The van der Waals surface area contributed by atoms with E-state index < -0.39 is 6.10 Å². The molecule has 0 aromatic heterocycles. The molecule has 5 nitrogen and oxygen atoms in total. The number of aliphatic hydroxyl groups is 1. The fourth-order valence-electron chi connectivity index (χ4n) is 2.78. The fourth-order valence-corrected chi connectivity index (χ4v) is 2.78. The van der Waals surface area contributed by atoms with Crippen molar-refractivity contribution in [1.29, 1.82) is 0 Å². The Morgan fingerprint density at radius 1 is 1.24 bits per heavy atom. The smallest absolute Gasteiger partial charge is 0.251 e. The van der Waals surface area contributed by atoms with Crippen molar-refractivity contribution in [3.8, 4) is 5.75 Å². The summed E-state index contributed by atoms with van der Waals surface area (Å²) in [6, 6.07) is 13.0. The van der Waals surface area contributed by atoms with Crippen molar-refractivity contribution >= 4 is 5.91 Å². The Morgan fingerprint density at radius 2 is 2.08 bits per heavy atom. The second-order valence-corrected chi connectivity index (χ2v) is 6.14. The molecule has 0 aliphatic carbocycles. The van der Waals surface area contributed by atoms with Crippen LogP contribution in [0.1, 0.15) is 15.9 Å². The maximum atomic E-state index is 13.1. The van der Waals surface area contributed by atoms with E-state index in [1.165, 1.54) is 12.1 Å². The standard InChI is InChI=1S/C19H21FN2O3/c20-16-5-2-6-17(8-16)25-12-13-3-1-4-14(7-13)19(24)22-10-15-9-21-11-18(15)23/h1-8,15,18,21,23H,9-12H2,(H,22,24). The van der Waals surface area contributed by atoms with E-state index >= 15 is 0 Å². The number of halogens is 1. The number of rotatable bonds is 6. The summed E-state index contributed by atoms with van der Waals surface area (Å²) >= 11 is 0. The predicted octanol–water partition coefficient (Wildman–Crippen LogP) is 1.71. The minimum atomic E-state index is -0.425. The van der Waals surface area contributed by atoms with Gasteiger partial charge in [0.25, 0.3) is 5.91 Å². The van der Waals surface area contributed by atoms with Crippen molar-refractivity contribution in [1.82, 2.24) is 10.6 Å². The summed E-state index contributed by atoms with van der Waals surface area (Å²) in [7, 11) is 0. The van der Waals surface area contributed by atoms with E-state index in [0.29, 0.717) is 30.9 Å². The van der Waals surface area contributed by atoms with E-state index in [0.717, 1.165) is 5.56 Å². The molecule has 6 heteroatoms. The number of ether oxygens (including phenoxy) is 1. The monoisotopic (exact) mass is 344 g/mol. The van der Waals surface area contributed by atoms with Gasteiger partial charge in [-0.15, -0.1) is 0 Å². The summed E-state index contributed by atoms with van der Waals surface area (Å²) in [5.74, 6) is -0.0676. The maximum absolute atomic E-state index is 13.1. The number of nitrogens with one attached hydrogen (secondary N) is 2. The normalized spacial score (nSPS) is 19.6. The largest absolute Gasteiger partial charge is 0.489 e. The second kappa shape index (κ2) is 8.09. The van der Waals surface area contributed by atoms with E-state index in [1.807, 2.05) is 6.07 Å². The highest BCUT2D eigenvalue weighted by Crippen LogP contribution is 2.15. The Bertz CT molecular complexity index is 738. The van der Waals surface area contributed by atoms with Gasteiger partial charge in [0.05, 0.1) is 6.10 Å². The van der Waals surface area contributed by atoms with Gasteiger partial charge in [-0.05, 0) is 29.8 Å². The van der Waals surface area contributed by atoms with Crippen LogP contribution in [0, 0.1) is 11.7 Å². The van der Waals surface area contributed by atoms with Crippen molar-refractivity contribution in [2.24, 2.45) is 5.92 Å². The van der Waals surface area contributed by atoms with Gasteiger partial charge in [0.15, 0.2) is 0 Å². The third-order valence-corrected chi connectivity index (χ3v) is 4.22. The molecule has 1 aliphatic heterocycles. The highest BCUT2D eigenvalue weighted by molar-refractivity contribution is 5.94. The lowest BCUT2D eigenvalue weighted by Gasteiger charge is -2.14. The zero-order valence-corrected chi connectivity index (χ0v) is 13.7. The molecule has 2 unspecified atom stereocenters. The molecule has 1 aliphatic rings. The molecule has 0 radical (unpaired) electrons. The minimum Gasteiger partial charge on any atom is -0.489 e. The Kier molecular flexibility index (Phi) is 5.63. The lowest BCUT2D eigenvalue weighted by molar-refractivity contribution is 0.0927. The molecular weight excluding hydrogens is 323 g/mol. The molecule has 25 heavy (non-hydrogen) atoms. The number of β-amino-alcohol motifs (C(OH)–C–C–N with tert-alkyl or cyclic N) is 1. The van der Waals surface area contributed by atoms with Crippen LogP contribution in [-0.4, -0.2) is 36.8 Å². The van der Waals surface area contributed by atoms with Crippen molar-refractivity contribution in [2.45, 2.75) is 12.7 Å². The number of hydrogen-bond acceptors (Lipinski definition) is 4. The summed E-state index contributed by atoms with van der Waals surface area (Å²) in [6.45, 7) is 1.93. The van der Waals surface area contributed by atoms with Gasteiger partial charge >= 0.3 is 0 Å². The zero-order valence-electron chi connectivity index (χ0n) is 13.7. The van der Waals surface area contributed by atoms with E-state index in [1.54, 1.807) is 30.3 Å². The summed E-state index contributed by atoms with van der Waals surface area (Å²) in [5.41, 5.74) is 1.35. The van der Waals surface area contributed by atoms with Crippen LogP contribution in [0.5, 0.6) is 5.75 Å². The van der Waals surface area contributed by atoms with Gasteiger partial charge in [0.2, 0.25) is 0 Å². The third-order valence-electron chi connectivity index (χ3n) is 4.22. The van der Waals surface area contributed by atoms with Crippen LogP contribution in [-0.2, 0) is 6.61 Å². The number of hydrogen-bond donors (Lipinski definition) is 3. The quantitative estimate of drug-likeness (QED) is 0.746. The fraction of sp³-hybridized carbons (Fsp3) is 0.316.